The van der Waals surface area contributed by atoms with Gasteiger partial charge in [0.25, 0.3) is 0 Å². The Bertz CT molecular complexity index is 418. The minimum absolute atomic E-state index is 0.199. The topological polar surface area (TPSA) is 39.7 Å². The van der Waals surface area contributed by atoms with Crippen LogP contribution in [0, 0.1) is 0 Å². The van der Waals surface area contributed by atoms with Crippen molar-refractivity contribution in [1.82, 2.24) is 5.32 Å². The van der Waals surface area contributed by atoms with Gasteiger partial charge >= 0.3 is 0 Å². The summed E-state index contributed by atoms with van der Waals surface area (Å²) in [6.45, 7) is 7.30. The van der Waals surface area contributed by atoms with Gasteiger partial charge in [0.05, 0.1) is 5.60 Å². The van der Waals surface area contributed by atoms with E-state index in [1.807, 2.05) is 18.2 Å². The highest BCUT2D eigenvalue weighted by atomic mass is 16.7. The summed E-state index contributed by atoms with van der Waals surface area (Å²) in [4.78, 5) is 0. The summed E-state index contributed by atoms with van der Waals surface area (Å²) in [6.07, 6.45) is 0. The minimum atomic E-state index is -0.199. The number of para-hydroxylation sites is 1. The van der Waals surface area contributed by atoms with E-state index in [2.05, 4.69) is 26.1 Å². The third-order valence-corrected chi connectivity index (χ3v) is 3.65. The standard InChI is InChI=1S/C14H21NO3/c1-10(14(2,3)16-4)15-8-11-6-5-7-12-13(11)18-9-17-12/h5-7,10,15H,8-9H2,1-4H3. The number of rotatable bonds is 5. The molecule has 1 atom stereocenters. The number of nitrogens with one attached hydrogen (secondary N) is 1. The van der Waals surface area contributed by atoms with Crippen LogP contribution in [0.3, 0.4) is 0 Å². The Balaban J connectivity index is 2.01. The fraction of sp³-hybridized carbons (Fsp3) is 0.571. The van der Waals surface area contributed by atoms with Crippen molar-refractivity contribution in [1.29, 1.82) is 0 Å². The number of hydrogen-bond donors (Lipinski definition) is 1. The molecule has 1 aromatic rings. The summed E-state index contributed by atoms with van der Waals surface area (Å²) in [6, 6.07) is 6.19. The van der Waals surface area contributed by atoms with E-state index in [4.69, 9.17) is 14.2 Å². The molecule has 1 N–H and O–H groups in total. The maximum Gasteiger partial charge on any atom is 0.231 e. The van der Waals surface area contributed by atoms with E-state index in [-0.39, 0.29) is 11.6 Å². The average molecular weight is 251 g/mol. The molecule has 1 heterocycles. The molecule has 1 aliphatic heterocycles. The van der Waals surface area contributed by atoms with Crippen LogP contribution in [0.4, 0.5) is 0 Å². The van der Waals surface area contributed by atoms with Crippen LogP contribution in [0.25, 0.3) is 0 Å². The van der Waals surface area contributed by atoms with Crippen molar-refractivity contribution in [2.75, 3.05) is 13.9 Å². The molecule has 0 aromatic heterocycles. The zero-order valence-electron chi connectivity index (χ0n) is 11.4. The molecule has 4 nitrogen and oxygen atoms in total. The summed E-state index contributed by atoms with van der Waals surface area (Å²) < 4.78 is 16.3. The van der Waals surface area contributed by atoms with E-state index in [0.29, 0.717) is 6.79 Å². The van der Waals surface area contributed by atoms with Crippen LogP contribution < -0.4 is 14.8 Å². The van der Waals surface area contributed by atoms with Crippen LogP contribution in [-0.2, 0) is 11.3 Å². The van der Waals surface area contributed by atoms with Crippen LogP contribution in [-0.4, -0.2) is 25.5 Å². The van der Waals surface area contributed by atoms with Gasteiger partial charge in [-0.2, -0.15) is 0 Å². The number of ether oxygens (including phenoxy) is 3. The Labute approximate surface area is 108 Å². The van der Waals surface area contributed by atoms with E-state index >= 15 is 0 Å². The van der Waals surface area contributed by atoms with Crippen LogP contribution in [0.2, 0.25) is 0 Å². The molecule has 0 bridgehead atoms. The number of benzene rings is 1. The predicted octanol–water partition coefficient (Wildman–Crippen LogP) is 2.32. The molecule has 0 amide bonds. The first-order valence-electron chi connectivity index (χ1n) is 6.20. The number of methoxy groups -OCH3 is 1. The van der Waals surface area contributed by atoms with Gasteiger partial charge in [-0.25, -0.2) is 0 Å². The van der Waals surface area contributed by atoms with Crippen molar-refractivity contribution in [3.8, 4) is 11.5 Å². The minimum Gasteiger partial charge on any atom is -0.454 e. The summed E-state index contributed by atoms with van der Waals surface area (Å²) in [5.74, 6) is 1.68. The smallest absolute Gasteiger partial charge is 0.231 e. The molecule has 1 aliphatic rings. The average Bonchev–Trinajstić information content (AvgIpc) is 2.84. The number of hydrogen-bond acceptors (Lipinski definition) is 4. The second-order valence-electron chi connectivity index (χ2n) is 5.06. The quantitative estimate of drug-likeness (QED) is 0.871. The lowest BCUT2D eigenvalue weighted by Crippen LogP contribution is -2.45. The van der Waals surface area contributed by atoms with Crippen molar-refractivity contribution >= 4 is 0 Å². The number of fused-ring (bicyclic) bond motifs is 1. The van der Waals surface area contributed by atoms with Gasteiger partial charge in [-0.1, -0.05) is 12.1 Å². The summed E-state index contributed by atoms with van der Waals surface area (Å²) in [7, 11) is 1.73. The molecule has 0 fully saturated rings. The molecular weight excluding hydrogens is 230 g/mol. The van der Waals surface area contributed by atoms with Gasteiger partial charge in [0, 0.05) is 25.3 Å². The van der Waals surface area contributed by atoms with Crippen LogP contribution in [0.5, 0.6) is 11.5 Å². The van der Waals surface area contributed by atoms with E-state index in [1.54, 1.807) is 7.11 Å². The lowest BCUT2D eigenvalue weighted by atomic mass is 10.00. The van der Waals surface area contributed by atoms with Crippen LogP contribution in [0.15, 0.2) is 18.2 Å². The zero-order valence-corrected chi connectivity index (χ0v) is 11.4. The summed E-state index contributed by atoms with van der Waals surface area (Å²) >= 11 is 0. The molecule has 1 aromatic carbocycles. The highest BCUT2D eigenvalue weighted by molar-refractivity contribution is 5.48. The van der Waals surface area contributed by atoms with E-state index in [9.17, 15) is 0 Å². The Morgan fingerprint density at radius 2 is 2.17 bits per heavy atom. The van der Waals surface area contributed by atoms with Gasteiger partial charge in [0.15, 0.2) is 11.5 Å². The third kappa shape index (κ3) is 2.60. The molecule has 0 saturated heterocycles. The third-order valence-electron chi connectivity index (χ3n) is 3.65. The molecule has 0 saturated carbocycles. The largest absolute Gasteiger partial charge is 0.454 e. The molecule has 0 aliphatic carbocycles. The van der Waals surface area contributed by atoms with Crippen molar-refractivity contribution in [2.24, 2.45) is 0 Å². The van der Waals surface area contributed by atoms with Crippen molar-refractivity contribution < 1.29 is 14.2 Å². The van der Waals surface area contributed by atoms with Crippen molar-refractivity contribution in [2.45, 2.75) is 39.0 Å². The molecule has 1 unspecified atom stereocenters. The van der Waals surface area contributed by atoms with E-state index in [0.717, 1.165) is 23.6 Å². The van der Waals surface area contributed by atoms with Gasteiger partial charge < -0.3 is 19.5 Å². The zero-order chi connectivity index (χ0) is 13.2. The Kier molecular flexibility index (Phi) is 3.78. The molecule has 18 heavy (non-hydrogen) atoms. The molecule has 4 heteroatoms. The van der Waals surface area contributed by atoms with Gasteiger partial charge in [-0.15, -0.1) is 0 Å². The normalized spacial score (nSPS) is 15.8. The first-order valence-corrected chi connectivity index (χ1v) is 6.20. The second kappa shape index (κ2) is 5.16. The maximum atomic E-state index is 5.48. The molecule has 0 spiro atoms. The van der Waals surface area contributed by atoms with E-state index in [1.165, 1.54) is 0 Å². The van der Waals surface area contributed by atoms with Gasteiger partial charge in [-0.05, 0) is 26.8 Å². The predicted molar refractivity (Wildman–Crippen MR) is 70.0 cm³/mol. The summed E-state index contributed by atoms with van der Waals surface area (Å²) in [5, 5.41) is 3.46. The van der Waals surface area contributed by atoms with Gasteiger partial charge in [0.1, 0.15) is 0 Å². The molecule has 100 valence electrons. The lowest BCUT2D eigenvalue weighted by molar-refractivity contribution is -0.00549. The SMILES string of the molecule is COC(C)(C)C(C)NCc1cccc2c1OCO2. The van der Waals surface area contributed by atoms with Crippen LogP contribution >= 0.6 is 0 Å². The molecule has 0 radical (unpaired) electrons. The Morgan fingerprint density at radius 3 is 2.89 bits per heavy atom. The molecular formula is C14H21NO3. The molecule has 2 rings (SSSR count). The Hall–Kier alpha value is -1.26. The van der Waals surface area contributed by atoms with Crippen LogP contribution in [0.1, 0.15) is 26.3 Å². The van der Waals surface area contributed by atoms with Crippen molar-refractivity contribution in [3.63, 3.8) is 0 Å². The first kappa shape index (κ1) is 13.2. The fourth-order valence-electron chi connectivity index (χ4n) is 1.82. The van der Waals surface area contributed by atoms with Gasteiger partial charge in [-0.3, -0.25) is 0 Å². The lowest BCUT2D eigenvalue weighted by Gasteiger charge is -2.31. The van der Waals surface area contributed by atoms with Crippen molar-refractivity contribution in [3.05, 3.63) is 23.8 Å². The fourth-order valence-corrected chi connectivity index (χ4v) is 1.82. The Morgan fingerprint density at radius 1 is 1.39 bits per heavy atom. The highest BCUT2D eigenvalue weighted by Gasteiger charge is 2.25. The summed E-state index contributed by atoms with van der Waals surface area (Å²) in [5.41, 5.74) is 0.915. The highest BCUT2D eigenvalue weighted by Crippen LogP contribution is 2.35. The monoisotopic (exact) mass is 251 g/mol. The second-order valence-corrected chi connectivity index (χ2v) is 5.06. The van der Waals surface area contributed by atoms with Gasteiger partial charge in [0.2, 0.25) is 6.79 Å². The first-order chi connectivity index (χ1) is 8.54. The maximum absolute atomic E-state index is 5.48. The van der Waals surface area contributed by atoms with E-state index < -0.39 is 0 Å².